The predicted molar refractivity (Wildman–Crippen MR) is 82.1 cm³/mol. The Hall–Kier alpha value is -2.47. The third kappa shape index (κ3) is 3.35. The fourth-order valence-corrected chi connectivity index (χ4v) is 2.60. The molecule has 0 atom stereocenters. The Morgan fingerprint density at radius 1 is 1.24 bits per heavy atom. The SMILES string of the molecule is O=C(NCCn1ccc(-c2cccs2)n1)c1ccccn1. The Morgan fingerprint density at radius 3 is 2.95 bits per heavy atom. The highest BCUT2D eigenvalue weighted by Gasteiger charge is 2.06. The Balaban J connectivity index is 1.53. The minimum absolute atomic E-state index is 0.166. The third-order valence-corrected chi connectivity index (χ3v) is 3.83. The first-order valence-corrected chi connectivity index (χ1v) is 7.47. The Labute approximate surface area is 126 Å². The van der Waals surface area contributed by atoms with Crippen LogP contribution in [0.15, 0.2) is 54.2 Å². The molecule has 1 N–H and O–H groups in total. The molecule has 0 aliphatic heterocycles. The van der Waals surface area contributed by atoms with Gasteiger partial charge in [-0.05, 0) is 29.6 Å². The zero-order valence-corrected chi connectivity index (χ0v) is 12.1. The third-order valence-electron chi connectivity index (χ3n) is 2.94. The van der Waals surface area contributed by atoms with Crippen LogP contribution < -0.4 is 5.32 Å². The fraction of sp³-hybridized carbons (Fsp3) is 0.133. The van der Waals surface area contributed by atoms with Crippen LogP contribution in [0.2, 0.25) is 0 Å². The summed E-state index contributed by atoms with van der Waals surface area (Å²) in [5.74, 6) is -0.166. The highest BCUT2D eigenvalue weighted by molar-refractivity contribution is 7.13. The standard InChI is InChI=1S/C15H14N4OS/c20-15(13-4-1-2-7-16-13)17-8-10-19-9-6-12(18-19)14-5-3-11-21-14/h1-7,9,11H,8,10H2,(H,17,20). The second-order valence-electron chi connectivity index (χ2n) is 4.41. The zero-order valence-electron chi connectivity index (χ0n) is 11.3. The molecular weight excluding hydrogens is 284 g/mol. The number of hydrogen-bond acceptors (Lipinski definition) is 4. The van der Waals surface area contributed by atoms with Crippen LogP contribution in [0, 0.1) is 0 Å². The number of nitrogens with zero attached hydrogens (tertiary/aromatic N) is 3. The average Bonchev–Trinajstić information content (AvgIpc) is 3.19. The lowest BCUT2D eigenvalue weighted by Crippen LogP contribution is -2.28. The molecule has 1 amide bonds. The van der Waals surface area contributed by atoms with Gasteiger partial charge in [0, 0.05) is 18.9 Å². The molecule has 21 heavy (non-hydrogen) atoms. The second kappa shape index (κ2) is 6.32. The van der Waals surface area contributed by atoms with E-state index in [4.69, 9.17) is 0 Å². The second-order valence-corrected chi connectivity index (χ2v) is 5.36. The lowest BCUT2D eigenvalue weighted by molar-refractivity contribution is 0.0947. The van der Waals surface area contributed by atoms with Crippen molar-refractivity contribution in [3.05, 3.63) is 59.9 Å². The van der Waals surface area contributed by atoms with Crippen LogP contribution in [0.3, 0.4) is 0 Å². The first-order valence-electron chi connectivity index (χ1n) is 6.59. The molecule has 0 aliphatic carbocycles. The number of amides is 1. The van der Waals surface area contributed by atoms with Gasteiger partial charge in [0.1, 0.15) is 11.4 Å². The summed E-state index contributed by atoms with van der Waals surface area (Å²) < 4.78 is 1.83. The molecule has 3 heterocycles. The molecule has 6 heteroatoms. The van der Waals surface area contributed by atoms with E-state index < -0.39 is 0 Å². The highest BCUT2D eigenvalue weighted by atomic mass is 32.1. The van der Waals surface area contributed by atoms with Crippen molar-refractivity contribution in [1.29, 1.82) is 0 Å². The Kier molecular flexibility index (Phi) is 4.07. The smallest absolute Gasteiger partial charge is 0.269 e. The maximum atomic E-state index is 11.8. The molecule has 0 aliphatic rings. The molecular formula is C15H14N4OS. The molecule has 0 bridgehead atoms. The molecule has 3 aromatic heterocycles. The summed E-state index contributed by atoms with van der Waals surface area (Å²) in [7, 11) is 0. The lowest BCUT2D eigenvalue weighted by Gasteiger charge is -2.04. The van der Waals surface area contributed by atoms with Crippen LogP contribution in [0.1, 0.15) is 10.5 Å². The molecule has 0 saturated carbocycles. The van der Waals surface area contributed by atoms with Crippen molar-refractivity contribution < 1.29 is 4.79 Å². The minimum atomic E-state index is -0.166. The van der Waals surface area contributed by atoms with Gasteiger partial charge in [-0.3, -0.25) is 14.5 Å². The van der Waals surface area contributed by atoms with Gasteiger partial charge in [0.15, 0.2) is 0 Å². The van der Waals surface area contributed by atoms with Gasteiger partial charge in [-0.15, -0.1) is 11.3 Å². The molecule has 0 fully saturated rings. The first kappa shape index (κ1) is 13.5. The van der Waals surface area contributed by atoms with Crippen LogP contribution in [0.5, 0.6) is 0 Å². The topological polar surface area (TPSA) is 59.8 Å². The van der Waals surface area contributed by atoms with Crippen LogP contribution in [-0.4, -0.2) is 27.2 Å². The summed E-state index contributed by atoms with van der Waals surface area (Å²) in [4.78, 5) is 17.0. The summed E-state index contributed by atoms with van der Waals surface area (Å²) in [5.41, 5.74) is 1.39. The van der Waals surface area contributed by atoms with Crippen molar-refractivity contribution in [3.8, 4) is 10.6 Å². The molecule has 0 saturated heterocycles. The number of carbonyl (C=O) groups is 1. The van der Waals surface area contributed by atoms with Gasteiger partial charge in [-0.25, -0.2) is 0 Å². The first-order chi connectivity index (χ1) is 10.3. The number of aromatic nitrogens is 3. The largest absolute Gasteiger partial charge is 0.349 e. The number of nitrogens with one attached hydrogen (secondary N) is 1. The van der Waals surface area contributed by atoms with Gasteiger partial charge in [0.25, 0.3) is 5.91 Å². The summed E-state index contributed by atoms with van der Waals surface area (Å²) in [6, 6.07) is 11.3. The van der Waals surface area contributed by atoms with E-state index in [1.165, 1.54) is 0 Å². The van der Waals surface area contributed by atoms with E-state index in [0.717, 1.165) is 10.6 Å². The van der Waals surface area contributed by atoms with E-state index in [9.17, 15) is 4.79 Å². The minimum Gasteiger partial charge on any atom is -0.349 e. The van der Waals surface area contributed by atoms with Crippen molar-refractivity contribution in [2.45, 2.75) is 6.54 Å². The van der Waals surface area contributed by atoms with E-state index in [1.807, 2.05) is 34.5 Å². The molecule has 3 rings (SSSR count). The van der Waals surface area contributed by atoms with Gasteiger partial charge >= 0.3 is 0 Å². The van der Waals surface area contributed by atoms with Gasteiger partial charge in [-0.2, -0.15) is 5.10 Å². The van der Waals surface area contributed by atoms with Crippen molar-refractivity contribution in [3.63, 3.8) is 0 Å². The Morgan fingerprint density at radius 2 is 2.19 bits per heavy atom. The zero-order chi connectivity index (χ0) is 14.5. The quantitative estimate of drug-likeness (QED) is 0.787. The normalized spacial score (nSPS) is 10.5. The van der Waals surface area contributed by atoms with Crippen LogP contribution in [0.25, 0.3) is 10.6 Å². The molecule has 0 spiro atoms. The summed E-state index contributed by atoms with van der Waals surface area (Å²) in [6.07, 6.45) is 3.53. The van der Waals surface area contributed by atoms with Crippen molar-refractivity contribution in [2.24, 2.45) is 0 Å². The van der Waals surface area contributed by atoms with Crippen molar-refractivity contribution in [2.75, 3.05) is 6.54 Å². The van der Waals surface area contributed by atoms with Crippen molar-refractivity contribution >= 4 is 17.2 Å². The highest BCUT2D eigenvalue weighted by Crippen LogP contribution is 2.22. The van der Waals surface area contributed by atoms with E-state index >= 15 is 0 Å². The lowest BCUT2D eigenvalue weighted by atomic mass is 10.3. The number of carbonyl (C=O) groups excluding carboxylic acids is 1. The number of hydrogen-bond donors (Lipinski definition) is 1. The van der Waals surface area contributed by atoms with Crippen LogP contribution in [0.4, 0.5) is 0 Å². The monoisotopic (exact) mass is 298 g/mol. The Bertz CT molecular complexity index is 706. The molecule has 106 valence electrons. The maximum absolute atomic E-state index is 11.8. The van der Waals surface area contributed by atoms with Gasteiger partial charge in [-0.1, -0.05) is 12.1 Å². The number of thiophene rings is 1. The summed E-state index contributed by atoms with van der Waals surface area (Å²) >= 11 is 1.66. The molecule has 3 aromatic rings. The van der Waals surface area contributed by atoms with Gasteiger partial charge in [0.05, 0.1) is 11.4 Å². The molecule has 0 radical (unpaired) electrons. The van der Waals surface area contributed by atoms with Crippen LogP contribution >= 0.6 is 11.3 Å². The number of pyridine rings is 1. The van der Waals surface area contributed by atoms with E-state index in [1.54, 1.807) is 35.7 Å². The van der Waals surface area contributed by atoms with E-state index in [2.05, 4.69) is 15.4 Å². The molecule has 0 aromatic carbocycles. The fourth-order valence-electron chi connectivity index (χ4n) is 1.91. The molecule has 5 nitrogen and oxygen atoms in total. The van der Waals surface area contributed by atoms with Gasteiger partial charge < -0.3 is 5.32 Å². The molecule has 0 unspecified atom stereocenters. The van der Waals surface area contributed by atoms with Crippen molar-refractivity contribution in [1.82, 2.24) is 20.1 Å². The average molecular weight is 298 g/mol. The van der Waals surface area contributed by atoms with E-state index in [0.29, 0.717) is 18.8 Å². The van der Waals surface area contributed by atoms with Crippen LogP contribution in [-0.2, 0) is 6.54 Å². The van der Waals surface area contributed by atoms with E-state index in [-0.39, 0.29) is 5.91 Å². The number of rotatable bonds is 5. The maximum Gasteiger partial charge on any atom is 0.269 e. The summed E-state index contributed by atoms with van der Waals surface area (Å²) in [5, 5.41) is 9.34. The van der Waals surface area contributed by atoms with Gasteiger partial charge in [0.2, 0.25) is 0 Å². The predicted octanol–water partition coefficient (Wildman–Crippen LogP) is 2.44. The summed E-state index contributed by atoms with van der Waals surface area (Å²) in [6.45, 7) is 1.14.